The highest BCUT2D eigenvalue weighted by Gasteiger charge is 2.09. The highest BCUT2D eigenvalue weighted by molar-refractivity contribution is 7.90. The molecular formula is C7H8ClNO3S2. The second kappa shape index (κ2) is 4.29. The molecular weight excluding hydrogens is 246 g/mol. The lowest BCUT2D eigenvalue weighted by molar-refractivity contribution is -0.110. The van der Waals surface area contributed by atoms with E-state index >= 15 is 0 Å². The molecule has 78 valence electrons. The Morgan fingerprint density at radius 1 is 1.64 bits per heavy atom. The SMILES string of the molecule is CS(=O)(=O)c1csc(NCC(=O)Cl)c1. The number of sulfone groups is 1. The molecule has 0 aliphatic rings. The van der Waals surface area contributed by atoms with Crippen molar-refractivity contribution in [2.24, 2.45) is 0 Å². The van der Waals surface area contributed by atoms with Gasteiger partial charge in [-0.1, -0.05) is 0 Å². The van der Waals surface area contributed by atoms with E-state index in [0.29, 0.717) is 5.00 Å². The van der Waals surface area contributed by atoms with Crippen LogP contribution in [0.25, 0.3) is 0 Å². The first-order valence-electron chi connectivity index (χ1n) is 3.60. The molecule has 0 spiro atoms. The molecule has 1 rings (SSSR count). The summed E-state index contributed by atoms with van der Waals surface area (Å²) >= 11 is 6.33. The average molecular weight is 254 g/mol. The Labute approximate surface area is 90.8 Å². The van der Waals surface area contributed by atoms with Gasteiger partial charge >= 0.3 is 0 Å². The zero-order valence-corrected chi connectivity index (χ0v) is 9.67. The van der Waals surface area contributed by atoms with Crippen molar-refractivity contribution in [2.45, 2.75) is 4.90 Å². The Bertz CT molecular complexity index is 438. The van der Waals surface area contributed by atoms with Crippen molar-refractivity contribution in [3.8, 4) is 0 Å². The maximum atomic E-state index is 11.1. The van der Waals surface area contributed by atoms with Gasteiger partial charge in [-0.05, 0) is 17.7 Å². The summed E-state index contributed by atoms with van der Waals surface area (Å²) < 4.78 is 22.1. The van der Waals surface area contributed by atoms with Crippen LogP contribution in [-0.2, 0) is 14.6 Å². The zero-order chi connectivity index (χ0) is 10.8. The minimum atomic E-state index is -3.17. The van der Waals surface area contributed by atoms with Crippen molar-refractivity contribution in [3.05, 3.63) is 11.4 Å². The fourth-order valence-corrected chi connectivity index (χ4v) is 2.74. The molecule has 0 atom stereocenters. The Balaban J connectivity index is 2.74. The molecule has 1 N–H and O–H groups in total. The molecule has 0 aliphatic carbocycles. The standard InChI is InChI=1S/C7H8ClNO3S2/c1-14(11,12)5-2-7(13-4-5)9-3-6(8)10/h2,4,9H,3H2,1H3. The Morgan fingerprint density at radius 3 is 2.71 bits per heavy atom. The number of nitrogens with one attached hydrogen (secondary N) is 1. The molecule has 1 aromatic rings. The van der Waals surface area contributed by atoms with Crippen molar-refractivity contribution < 1.29 is 13.2 Å². The fourth-order valence-electron chi connectivity index (χ4n) is 0.763. The van der Waals surface area contributed by atoms with Gasteiger partial charge in [-0.15, -0.1) is 11.3 Å². The highest BCUT2D eigenvalue weighted by Crippen LogP contribution is 2.23. The summed E-state index contributed by atoms with van der Waals surface area (Å²) in [6.45, 7) is -0.00866. The van der Waals surface area contributed by atoms with E-state index in [2.05, 4.69) is 5.32 Å². The molecule has 0 amide bonds. The Hall–Kier alpha value is -0.590. The van der Waals surface area contributed by atoms with Crippen molar-refractivity contribution in [2.75, 3.05) is 18.1 Å². The Morgan fingerprint density at radius 2 is 2.29 bits per heavy atom. The average Bonchev–Trinajstić information content (AvgIpc) is 2.47. The number of hydrogen-bond acceptors (Lipinski definition) is 5. The first kappa shape index (κ1) is 11.5. The summed E-state index contributed by atoms with van der Waals surface area (Å²) in [6, 6.07) is 1.47. The second-order valence-corrected chi connectivity index (χ2v) is 5.98. The van der Waals surface area contributed by atoms with Gasteiger partial charge < -0.3 is 5.32 Å². The van der Waals surface area contributed by atoms with Gasteiger partial charge in [-0.25, -0.2) is 8.42 Å². The van der Waals surface area contributed by atoms with Crippen LogP contribution in [0.2, 0.25) is 0 Å². The third kappa shape index (κ3) is 3.28. The first-order valence-corrected chi connectivity index (χ1v) is 6.75. The largest absolute Gasteiger partial charge is 0.368 e. The van der Waals surface area contributed by atoms with Crippen LogP contribution in [0.1, 0.15) is 0 Å². The summed E-state index contributed by atoms with van der Waals surface area (Å²) in [5.74, 6) is 0. The van der Waals surface area contributed by atoms with Gasteiger partial charge in [0.05, 0.1) is 16.4 Å². The predicted octanol–water partition coefficient (Wildman–Crippen LogP) is 1.33. The number of anilines is 1. The summed E-state index contributed by atoms with van der Waals surface area (Å²) in [5.41, 5.74) is 0. The van der Waals surface area contributed by atoms with E-state index in [0.717, 1.165) is 6.26 Å². The molecule has 0 unspecified atom stereocenters. The third-order valence-corrected chi connectivity index (χ3v) is 3.67. The van der Waals surface area contributed by atoms with Crippen LogP contribution in [0.15, 0.2) is 16.3 Å². The predicted molar refractivity (Wildman–Crippen MR) is 56.8 cm³/mol. The highest BCUT2D eigenvalue weighted by atomic mass is 35.5. The van der Waals surface area contributed by atoms with E-state index in [1.807, 2.05) is 0 Å². The number of carbonyl (C=O) groups excluding carboxylic acids is 1. The van der Waals surface area contributed by atoms with Crippen LogP contribution in [0.4, 0.5) is 5.00 Å². The van der Waals surface area contributed by atoms with Crippen LogP contribution >= 0.6 is 22.9 Å². The molecule has 0 radical (unpaired) electrons. The van der Waals surface area contributed by atoms with Gasteiger partial charge in [0.15, 0.2) is 9.84 Å². The molecule has 4 nitrogen and oxygen atoms in total. The molecule has 0 saturated carbocycles. The number of rotatable bonds is 4. The maximum Gasteiger partial charge on any atom is 0.240 e. The fraction of sp³-hybridized carbons (Fsp3) is 0.286. The Kier molecular flexibility index (Phi) is 3.52. The monoisotopic (exact) mass is 253 g/mol. The van der Waals surface area contributed by atoms with Gasteiger partial charge in [-0.3, -0.25) is 4.79 Å². The normalized spacial score (nSPS) is 11.3. The molecule has 0 bridgehead atoms. The molecule has 1 heterocycles. The zero-order valence-electron chi connectivity index (χ0n) is 7.28. The quantitative estimate of drug-likeness (QED) is 0.823. The lowest BCUT2D eigenvalue weighted by Gasteiger charge is -1.96. The van der Waals surface area contributed by atoms with Crippen molar-refractivity contribution >= 4 is 43.0 Å². The van der Waals surface area contributed by atoms with Crippen molar-refractivity contribution in [1.29, 1.82) is 0 Å². The van der Waals surface area contributed by atoms with Gasteiger partial charge in [0.1, 0.15) is 0 Å². The van der Waals surface area contributed by atoms with Gasteiger partial charge in [0, 0.05) is 11.6 Å². The second-order valence-electron chi connectivity index (χ2n) is 2.63. The smallest absolute Gasteiger partial charge is 0.240 e. The minimum Gasteiger partial charge on any atom is -0.368 e. The van der Waals surface area contributed by atoms with Gasteiger partial charge in [0.25, 0.3) is 0 Å². The molecule has 0 aliphatic heterocycles. The number of halogens is 1. The third-order valence-electron chi connectivity index (χ3n) is 1.41. The lowest BCUT2D eigenvalue weighted by Crippen LogP contribution is -2.06. The summed E-state index contributed by atoms with van der Waals surface area (Å²) in [4.78, 5) is 10.7. The van der Waals surface area contributed by atoms with E-state index in [-0.39, 0.29) is 11.4 Å². The molecule has 1 aromatic heterocycles. The van der Waals surface area contributed by atoms with Gasteiger partial charge in [0.2, 0.25) is 5.24 Å². The van der Waals surface area contributed by atoms with E-state index in [4.69, 9.17) is 11.6 Å². The number of carbonyl (C=O) groups is 1. The lowest BCUT2D eigenvalue weighted by atomic mass is 10.6. The minimum absolute atomic E-state index is 0.00866. The molecule has 7 heteroatoms. The van der Waals surface area contributed by atoms with Crippen LogP contribution in [-0.4, -0.2) is 26.5 Å². The van der Waals surface area contributed by atoms with Crippen molar-refractivity contribution in [3.63, 3.8) is 0 Å². The van der Waals surface area contributed by atoms with Crippen molar-refractivity contribution in [1.82, 2.24) is 0 Å². The van der Waals surface area contributed by atoms with Crippen LogP contribution in [0, 0.1) is 0 Å². The topological polar surface area (TPSA) is 63.2 Å². The molecule has 0 fully saturated rings. The summed E-state index contributed by atoms with van der Waals surface area (Å²) in [5, 5.41) is 4.32. The maximum absolute atomic E-state index is 11.1. The molecule has 0 saturated heterocycles. The van der Waals surface area contributed by atoms with E-state index in [9.17, 15) is 13.2 Å². The first-order chi connectivity index (χ1) is 6.39. The van der Waals surface area contributed by atoms with Crippen LogP contribution < -0.4 is 5.32 Å². The number of thiophene rings is 1. The molecule has 14 heavy (non-hydrogen) atoms. The van der Waals surface area contributed by atoms with Crippen LogP contribution in [0.3, 0.4) is 0 Å². The van der Waals surface area contributed by atoms with E-state index < -0.39 is 15.1 Å². The van der Waals surface area contributed by atoms with E-state index in [1.54, 1.807) is 0 Å². The van der Waals surface area contributed by atoms with Crippen LogP contribution in [0.5, 0.6) is 0 Å². The van der Waals surface area contributed by atoms with Gasteiger partial charge in [-0.2, -0.15) is 0 Å². The summed E-state index contributed by atoms with van der Waals surface area (Å²) in [6.07, 6.45) is 1.13. The number of hydrogen-bond donors (Lipinski definition) is 1. The summed E-state index contributed by atoms with van der Waals surface area (Å²) in [7, 11) is -3.17. The van der Waals surface area contributed by atoms with E-state index in [1.165, 1.54) is 22.8 Å². The molecule has 0 aromatic carbocycles.